The fourth-order valence-corrected chi connectivity index (χ4v) is 1.98. The van der Waals surface area contributed by atoms with E-state index in [2.05, 4.69) is 28.5 Å². The second-order valence-electron chi connectivity index (χ2n) is 3.96. The second-order valence-corrected chi connectivity index (χ2v) is 3.96. The molecule has 4 nitrogen and oxygen atoms in total. The number of nitrogens with zero attached hydrogens (tertiary/aromatic N) is 2. The van der Waals surface area contributed by atoms with Gasteiger partial charge in [-0.3, -0.25) is 0 Å². The predicted octanol–water partition coefficient (Wildman–Crippen LogP) is 1.22. The van der Waals surface area contributed by atoms with Gasteiger partial charge in [-0.2, -0.15) is 0 Å². The molecule has 86 valence electrons. The van der Waals surface area contributed by atoms with Crippen LogP contribution in [-0.2, 0) is 7.05 Å². The molecule has 0 aliphatic carbocycles. The summed E-state index contributed by atoms with van der Waals surface area (Å²) in [5.41, 5.74) is 3.29. The third kappa shape index (κ3) is 1.94. The molecular weight excluding hydrogens is 202 g/mol. The molecule has 0 spiro atoms. The summed E-state index contributed by atoms with van der Waals surface area (Å²) >= 11 is 0. The number of rotatable bonds is 4. The van der Waals surface area contributed by atoms with Crippen LogP contribution >= 0.6 is 0 Å². The van der Waals surface area contributed by atoms with Crippen molar-refractivity contribution in [3.05, 3.63) is 30.1 Å². The van der Waals surface area contributed by atoms with Crippen LogP contribution in [0, 0.1) is 0 Å². The van der Waals surface area contributed by atoms with Crippen molar-refractivity contribution in [2.75, 3.05) is 13.7 Å². The molecule has 0 bridgehead atoms. The lowest BCUT2D eigenvalue weighted by atomic mass is 10.0. The minimum absolute atomic E-state index is 0.186. The van der Waals surface area contributed by atoms with Gasteiger partial charge in [0, 0.05) is 19.7 Å². The van der Waals surface area contributed by atoms with Crippen LogP contribution in [0.4, 0.5) is 0 Å². The molecule has 0 aliphatic rings. The highest BCUT2D eigenvalue weighted by atomic mass is 16.3. The first-order valence-electron chi connectivity index (χ1n) is 5.45. The average molecular weight is 219 g/mol. The van der Waals surface area contributed by atoms with Gasteiger partial charge in [-0.15, -0.1) is 0 Å². The third-order valence-corrected chi connectivity index (χ3v) is 2.92. The molecule has 2 aromatic rings. The smallest absolute Gasteiger partial charge is 0.0955 e. The topological polar surface area (TPSA) is 50.1 Å². The Morgan fingerprint density at radius 1 is 1.50 bits per heavy atom. The highest BCUT2D eigenvalue weighted by Crippen LogP contribution is 2.20. The van der Waals surface area contributed by atoms with Crippen LogP contribution in [-0.4, -0.2) is 28.3 Å². The van der Waals surface area contributed by atoms with E-state index in [0.29, 0.717) is 0 Å². The van der Waals surface area contributed by atoms with Gasteiger partial charge < -0.3 is 15.0 Å². The minimum Gasteiger partial charge on any atom is -0.396 e. The number of fused-ring (bicyclic) bond motifs is 1. The molecular formula is C12H17N3O. The Bertz CT molecular complexity index is 478. The lowest BCUT2D eigenvalue weighted by Crippen LogP contribution is -2.17. The fourth-order valence-electron chi connectivity index (χ4n) is 1.98. The predicted molar refractivity (Wildman–Crippen MR) is 64.2 cm³/mol. The van der Waals surface area contributed by atoms with E-state index in [1.807, 2.05) is 25.0 Å². The minimum atomic E-state index is 0.186. The molecule has 0 aliphatic heterocycles. The van der Waals surface area contributed by atoms with Gasteiger partial charge in [0.05, 0.1) is 17.4 Å². The summed E-state index contributed by atoms with van der Waals surface area (Å²) in [6, 6.07) is 6.42. The van der Waals surface area contributed by atoms with Crippen molar-refractivity contribution < 1.29 is 5.11 Å². The Kier molecular flexibility index (Phi) is 3.22. The standard InChI is InChI=1S/C12H17N3O/c1-13-10(5-6-16)9-3-4-12-11(7-9)14-8-15(12)2/h3-4,7-8,10,13,16H,5-6H2,1-2H3. The van der Waals surface area contributed by atoms with E-state index in [1.165, 1.54) is 5.56 Å². The summed E-state index contributed by atoms with van der Waals surface area (Å²) in [6.07, 6.45) is 2.53. The lowest BCUT2D eigenvalue weighted by Gasteiger charge is -2.15. The zero-order chi connectivity index (χ0) is 11.5. The average Bonchev–Trinajstić information content (AvgIpc) is 2.67. The number of hydrogen-bond acceptors (Lipinski definition) is 3. The Morgan fingerprint density at radius 3 is 3.00 bits per heavy atom. The molecule has 4 heteroatoms. The number of aryl methyl sites for hydroxylation is 1. The van der Waals surface area contributed by atoms with Gasteiger partial charge in [-0.05, 0) is 31.2 Å². The van der Waals surface area contributed by atoms with E-state index in [9.17, 15) is 0 Å². The zero-order valence-electron chi connectivity index (χ0n) is 9.64. The van der Waals surface area contributed by atoms with E-state index in [4.69, 9.17) is 5.11 Å². The molecule has 0 fully saturated rings. The van der Waals surface area contributed by atoms with E-state index in [1.54, 1.807) is 0 Å². The first-order valence-corrected chi connectivity index (χ1v) is 5.45. The molecule has 1 unspecified atom stereocenters. The van der Waals surface area contributed by atoms with Crippen LogP contribution in [0.2, 0.25) is 0 Å². The van der Waals surface area contributed by atoms with Gasteiger partial charge in [0.15, 0.2) is 0 Å². The quantitative estimate of drug-likeness (QED) is 0.812. The Labute approximate surface area is 94.9 Å². The van der Waals surface area contributed by atoms with Crippen molar-refractivity contribution in [1.82, 2.24) is 14.9 Å². The third-order valence-electron chi connectivity index (χ3n) is 2.92. The molecule has 1 aromatic heterocycles. The normalized spacial score (nSPS) is 13.2. The number of benzene rings is 1. The Hall–Kier alpha value is -1.39. The molecule has 2 rings (SSSR count). The first kappa shape index (κ1) is 11.1. The molecule has 0 saturated carbocycles. The molecule has 0 amide bonds. The molecule has 16 heavy (non-hydrogen) atoms. The molecule has 0 saturated heterocycles. The molecule has 0 radical (unpaired) electrons. The van der Waals surface area contributed by atoms with E-state index in [0.717, 1.165) is 17.5 Å². The maximum atomic E-state index is 8.99. The largest absolute Gasteiger partial charge is 0.396 e. The molecule has 1 atom stereocenters. The van der Waals surface area contributed by atoms with Crippen LogP contribution in [0.5, 0.6) is 0 Å². The van der Waals surface area contributed by atoms with Crippen molar-refractivity contribution in [3.63, 3.8) is 0 Å². The highest BCUT2D eigenvalue weighted by Gasteiger charge is 2.10. The lowest BCUT2D eigenvalue weighted by molar-refractivity contribution is 0.269. The van der Waals surface area contributed by atoms with Crippen LogP contribution < -0.4 is 5.32 Å². The van der Waals surface area contributed by atoms with Crippen molar-refractivity contribution >= 4 is 11.0 Å². The fraction of sp³-hybridized carbons (Fsp3) is 0.417. The van der Waals surface area contributed by atoms with Crippen molar-refractivity contribution in [3.8, 4) is 0 Å². The van der Waals surface area contributed by atoms with Gasteiger partial charge in [-0.25, -0.2) is 4.98 Å². The molecule has 1 heterocycles. The van der Waals surface area contributed by atoms with E-state index in [-0.39, 0.29) is 12.6 Å². The number of aliphatic hydroxyl groups is 1. The summed E-state index contributed by atoms with van der Waals surface area (Å²) in [6.45, 7) is 0.186. The maximum Gasteiger partial charge on any atom is 0.0955 e. The summed E-state index contributed by atoms with van der Waals surface area (Å²) in [5.74, 6) is 0. The SMILES string of the molecule is CNC(CCO)c1ccc2c(c1)ncn2C. The van der Waals surface area contributed by atoms with Gasteiger partial charge >= 0.3 is 0 Å². The van der Waals surface area contributed by atoms with Gasteiger partial charge in [0.1, 0.15) is 0 Å². The molecule has 1 aromatic carbocycles. The number of nitrogens with one attached hydrogen (secondary N) is 1. The van der Waals surface area contributed by atoms with E-state index < -0.39 is 0 Å². The van der Waals surface area contributed by atoms with Crippen molar-refractivity contribution in [1.29, 1.82) is 0 Å². The summed E-state index contributed by atoms with van der Waals surface area (Å²) < 4.78 is 2.00. The molecule has 2 N–H and O–H groups in total. The monoisotopic (exact) mass is 219 g/mol. The number of hydrogen-bond donors (Lipinski definition) is 2. The van der Waals surface area contributed by atoms with Gasteiger partial charge in [-0.1, -0.05) is 6.07 Å². The number of aromatic nitrogens is 2. The van der Waals surface area contributed by atoms with Crippen molar-refractivity contribution in [2.45, 2.75) is 12.5 Å². The maximum absolute atomic E-state index is 8.99. The van der Waals surface area contributed by atoms with Crippen molar-refractivity contribution in [2.24, 2.45) is 7.05 Å². The number of imidazole rings is 1. The Morgan fingerprint density at radius 2 is 2.31 bits per heavy atom. The highest BCUT2D eigenvalue weighted by molar-refractivity contribution is 5.76. The zero-order valence-corrected chi connectivity index (χ0v) is 9.64. The summed E-state index contributed by atoms with van der Waals surface area (Å²) in [7, 11) is 3.89. The van der Waals surface area contributed by atoms with E-state index >= 15 is 0 Å². The first-order chi connectivity index (χ1) is 7.76. The summed E-state index contributed by atoms with van der Waals surface area (Å²) in [5, 5.41) is 12.2. The summed E-state index contributed by atoms with van der Waals surface area (Å²) in [4.78, 5) is 4.33. The van der Waals surface area contributed by atoms with Gasteiger partial charge in [0.2, 0.25) is 0 Å². The van der Waals surface area contributed by atoms with Crippen LogP contribution in [0.1, 0.15) is 18.0 Å². The van der Waals surface area contributed by atoms with Gasteiger partial charge in [0.25, 0.3) is 0 Å². The van der Waals surface area contributed by atoms with Crippen LogP contribution in [0.25, 0.3) is 11.0 Å². The van der Waals surface area contributed by atoms with Crippen LogP contribution in [0.3, 0.4) is 0 Å². The van der Waals surface area contributed by atoms with Crippen LogP contribution in [0.15, 0.2) is 24.5 Å². The second kappa shape index (κ2) is 4.63. The number of aliphatic hydroxyl groups excluding tert-OH is 1. The Balaban J connectivity index is 2.37.